The van der Waals surface area contributed by atoms with Crippen molar-refractivity contribution >= 4 is 17.7 Å². The zero-order chi connectivity index (χ0) is 26.7. The monoisotopic (exact) mass is 503 g/mol. The van der Waals surface area contributed by atoms with Crippen molar-refractivity contribution in [3.63, 3.8) is 0 Å². The molecule has 0 radical (unpaired) electrons. The second-order valence-electron chi connectivity index (χ2n) is 10.8. The van der Waals surface area contributed by atoms with Crippen LogP contribution in [0.4, 0.5) is 0 Å². The fourth-order valence-electron chi connectivity index (χ4n) is 6.83. The minimum atomic E-state index is -1.05. The van der Waals surface area contributed by atoms with Crippen LogP contribution in [0.1, 0.15) is 66.2 Å². The lowest BCUT2D eigenvalue weighted by Gasteiger charge is -2.39. The highest BCUT2D eigenvalue weighted by Crippen LogP contribution is 2.63. The first-order chi connectivity index (χ1) is 17.2. The van der Waals surface area contributed by atoms with Crippen LogP contribution in [0.25, 0.3) is 0 Å². The van der Waals surface area contributed by atoms with Gasteiger partial charge in [-0.05, 0) is 46.0 Å². The topological polar surface area (TPSA) is 90.4 Å². The number of rotatable bonds is 14. The van der Waals surface area contributed by atoms with Crippen molar-refractivity contribution in [2.75, 3.05) is 32.8 Å². The summed E-state index contributed by atoms with van der Waals surface area (Å²) in [6.07, 6.45) is 7.50. The largest absolute Gasteiger partial charge is 0.396 e. The van der Waals surface area contributed by atoms with Gasteiger partial charge in [-0.25, -0.2) is 0 Å². The molecule has 0 saturated carbocycles. The molecule has 8 nitrogen and oxygen atoms in total. The van der Waals surface area contributed by atoms with Gasteiger partial charge in [0.15, 0.2) is 0 Å². The van der Waals surface area contributed by atoms with E-state index in [1.165, 1.54) is 0 Å². The number of hydrogen-bond donors (Lipinski definition) is 1. The van der Waals surface area contributed by atoms with Crippen molar-refractivity contribution in [3.05, 3.63) is 25.3 Å². The highest BCUT2D eigenvalue weighted by Gasteiger charge is 2.78. The summed E-state index contributed by atoms with van der Waals surface area (Å²) in [5, 5.41) is 9.55. The third-order valence-electron chi connectivity index (χ3n) is 8.34. The molecule has 1 N–H and O–H groups in total. The van der Waals surface area contributed by atoms with Crippen molar-refractivity contribution in [2.24, 2.45) is 11.8 Å². The van der Waals surface area contributed by atoms with E-state index in [2.05, 4.69) is 20.1 Å². The molecule has 3 saturated heterocycles. The summed E-state index contributed by atoms with van der Waals surface area (Å²) >= 11 is 0. The molecule has 6 atom stereocenters. The van der Waals surface area contributed by atoms with Gasteiger partial charge in [-0.2, -0.15) is 0 Å². The summed E-state index contributed by atoms with van der Waals surface area (Å²) in [6.45, 7) is 17.2. The fraction of sp³-hybridized carbons (Fsp3) is 0.750. The standard InChI is InChI=1S/C28H45N3O5/c1-7-12-20(5)30(17-10-4)26(35)23-28-14-13-27(6,36-28)21(24(33)29(15-8-2)16-9-3)22(28)25(34)31(23)18-11-19-32/h8,10,20-23,32H,2,4,7,9,11-19H2,1,3,5-6H3/t20?,21-,22-,23?,27+,28?/m0/s1. The molecule has 3 aliphatic heterocycles. The Labute approximate surface area is 216 Å². The van der Waals surface area contributed by atoms with Gasteiger partial charge in [0.05, 0.1) is 17.4 Å². The highest BCUT2D eigenvalue weighted by molar-refractivity contribution is 5.99. The maximum Gasteiger partial charge on any atom is 0.248 e. The zero-order valence-corrected chi connectivity index (χ0v) is 22.6. The van der Waals surface area contributed by atoms with E-state index in [-0.39, 0.29) is 36.9 Å². The van der Waals surface area contributed by atoms with Gasteiger partial charge in [0.25, 0.3) is 0 Å². The summed E-state index contributed by atoms with van der Waals surface area (Å²) in [6, 6.07) is -0.843. The summed E-state index contributed by atoms with van der Waals surface area (Å²) in [5.41, 5.74) is -1.85. The van der Waals surface area contributed by atoms with Gasteiger partial charge in [0, 0.05) is 38.8 Å². The average Bonchev–Trinajstić information content (AvgIpc) is 3.41. The molecule has 3 fully saturated rings. The van der Waals surface area contributed by atoms with Gasteiger partial charge in [-0.15, -0.1) is 13.2 Å². The first-order valence-corrected chi connectivity index (χ1v) is 13.6. The summed E-state index contributed by atoms with van der Waals surface area (Å²) in [4.78, 5) is 47.4. The van der Waals surface area contributed by atoms with Crippen LogP contribution in [0, 0.1) is 11.8 Å². The van der Waals surface area contributed by atoms with Crippen molar-refractivity contribution in [1.29, 1.82) is 0 Å². The number of nitrogens with zero attached hydrogens (tertiary/aromatic N) is 3. The summed E-state index contributed by atoms with van der Waals surface area (Å²) < 4.78 is 6.72. The van der Waals surface area contributed by atoms with Crippen molar-refractivity contribution in [2.45, 2.75) is 89.5 Å². The number of ether oxygens (including phenoxy) is 1. The molecule has 3 unspecified atom stereocenters. The molecule has 0 aromatic carbocycles. The molecule has 3 amide bonds. The van der Waals surface area contributed by atoms with E-state index >= 15 is 0 Å². The van der Waals surface area contributed by atoms with Crippen LogP contribution in [-0.2, 0) is 19.1 Å². The van der Waals surface area contributed by atoms with Crippen LogP contribution in [0.15, 0.2) is 25.3 Å². The summed E-state index contributed by atoms with van der Waals surface area (Å²) in [5.74, 6) is -1.83. The quantitative estimate of drug-likeness (QED) is 0.368. The normalized spacial score (nSPS) is 31.3. The molecule has 0 aromatic heterocycles. The Morgan fingerprint density at radius 2 is 1.89 bits per heavy atom. The minimum absolute atomic E-state index is 0.0231. The fourth-order valence-corrected chi connectivity index (χ4v) is 6.83. The van der Waals surface area contributed by atoms with Crippen molar-refractivity contribution in [3.8, 4) is 0 Å². The SMILES string of the molecule is C=CCN(CCC)C(=O)[C@@H]1[C@H]2C(=O)N(CCCO)C(C(=O)N(CC=C)C(C)CCC)C23CC[C@@]1(C)O3. The van der Waals surface area contributed by atoms with Gasteiger partial charge < -0.3 is 24.5 Å². The predicted octanol–water partition coefficient (Wildman–Crippen LogP) is 2.76. The number of aliphatic hydroxyl groups excluding tert-OH is 1. The molecule has 0 aliphatic carbocycles. The molecular weight excluding hydrogens is 458 g/mol. The molecule has 202 valence electrons. The van der Waals surface area contributed by atoms with Gasteiger partial charge >= 0.3 is 0 Å². The molecule has 1 spiro atoms. The average molecular weight is 504 g/mol. The first-order valence-electron chi connectivity index (χ1n) is 13.6. The van der Waals surface area contributed by atoms with Crippen molar-refractivity contribution in [1.82, 2.24) is 14.7 Å². The number of likely N-dealkylation sites (tertiary alicyclic amines) is 1. The Morgan fingerprint density at radius 1 is 1.19 bits per heavy atom. The van der Waals surface area contributed by atoms with Crippen LogP contribution in [0.2, 0.25) is 0 Å². The number of hydrogen-bond acceptors (Lipinski definition) is 5. The van der Waals surface area contributed by atoms with Crippen molar-refractivity contribution < 1.29 is 24.2 Å². The second-order valence-corrected chi connectivity index (χ2v) is 10.8. The lowest BCUT2D eigenvalue weighted by Crippen LogP contribution is -2.58. The highest BCUT2D eigenvalue weighted by atomic mass is 16.5. The third-order valence-corrected chi connectivity index (χ3v) is 8.34. The van der Waals surface area contributed by atoms with Crippen LogP contribution < -0.4 is 0 Å². The molecule has 0 aromatic rings. The zero-order valence-electron chi connectivity index (χ0n) is 22.6. The van der Waals surface area contributed by atoms with Gasteiger partial charge in [-0.1, -0.05) is 32.4 Å². The van der Waals surface area contributed by atoms with E-state index in [1.807, 2.05) is 20.8 Å². The van der Waals surface area contributed by atoms with E-state index in [4.69, 9.17) is 4.74 Å². The van der Waals surface area contributed by atoms with Gasteiger partial charge in [-0.3, -0.25) is 14.4 Å². The van der Waals surface area contributed by atoms with E-state index in [1.54, 1.807) is 26.9 Å². The predicted molar refractivity (Wildman–Crippen MR) is 139 cm³/mol. The molecule has 3 rings (SSSR count). The van der Waals surface area contributed by atoms with E-state index in [9.17, 15) is 19.5 Å². The van der Waals surface area contributed by atoms with Gasteiger partial charge in [0.1, 0.15) is 11.6 Å². The van der Waals surface area contributed by atoms with Gasteiger partial charge in [0.2, 0.25) is 17.7 Å². The number of aliphatic hydroxyl groups is 1. The number of amides is 3. The van der Waals surface area contributed by atoms with E-state index in [0.29, 0.717) is 38.9 Å². The maximum atomic E-state index is 14.2. The minimum Gasteiger partial charge on any atom is -0.396 e. The summed E-state index contributed by atoms with van der Waals surface area (Å²) in [7, 11) is 0. The molecule has 3 heterocycles. The first kappa shape index (κ1) is 28.4. The number of carbonyl (C=O) groups excluding carboxylic acids is 3. The Hall–Kier alpha value is -2.19. The Bertz CT molecular complexity index is 862. The maximum absolute atomic E-state index is 14.2. The van der Waals surface area contributed by atoms with Crippen LogP contribution in [-0.4, -0.2) is 93.6 Å². The lowest BCUT2D eigenvalue weighted by molar-refractivity contribution is -0.154. The second kappa shape index (κ2) is 11.5. The smallest absolute Gasteiger partial charge is 0.248 e. The molecule has 2 bridgehead atoms. The van der Waals surface area contributed by atoms with Crippen LogP contribution in [0.5, 0.6) is 0 Å². The van der Waals surface area contributed by atoms with E-state index < -0.39 is 29.1 Å². The lowest BCUT2D eigenvalue weighted by atomic mass is 9.66. The Kier molecular flexibility index (Phi) is 9.04. The molecule has 8 heteroatoms. The van der Waals surface area contributed by atoms with Crippen LogP contribution >= 0.6 is 0 Å². The van der Waals surface area contributed by atoms with Crippen LogP contribution in [0.3, 0.4) is 0 Å². The molecular formula is C28H45N3O5. The Morgan fingerprint density at radius 3 is 2.47 bits per heavy atom. The third kappa shape index (κ3) is 4.62. The Balaban J connectivity index is 2.07. The number of carbonyl (C=O) groups is 3. The molecule has 3 aliphatic rings. The van der Waals surface area contributed by atoms with E-state index in [0.717, 1.165) is 19.3 Å². The molecule has 36 heavy (non-hydrogen) atoms. The number of fused-ring (bicyclic) bond motifs is 1.